The SMILES string of the molecule is COc1cccc(F)c1C(=O)Nc1cc(Cl)ncn1. The van der Waals surface area contributed by atoms with E-state index in [2.05, 4.69) is 15.3 Å². The number of ether oxygens (including phenoxy) is 1. The van der Waals surface area contributed by atoms with Gasteiger partial charge in [0, 0.05) is 6.07 Å². The van der Waals surface area contributed by atoms with Crippen molar-refractivity contribution < 1.29 is 13.9 Å². The lowest BCUT2D eigenvalue weighted by Gasteiger charge is -2.09. The number of amides is 1. The van der Waals surface area contributed by atoms with E-state index < -0.39 is 11.7 Å². The second-order valence-corrected chi connectivity index (χ2v) is 3.88. The largest absolute Gasteiger partial charge is 0.496 e. The second-order valence-electron chi connectivity index (χ2n) is 3.50. The Bertz CT molecular complexity index is 622. The van der Waals surface area contributed by atoms with Gasteiger partial charge in [0.05, 0.1) is 7.11 Å². The summed E-state index contributed by atoms with van der Waals surface area (Å²) >= 11 is 5.66. The molecule has 2 rings (SSSR count). The number of aromatic nitrogens is 2. The Morgan fingerprint density at radius 3 is 2.89 bits per heavy atom. The fourth-order valence-electron chi connectivity index (χ4n) is 1.48. The number of nitrogens with zero attached hydrogens (tertiary/aromatic N) is 2. The highest BCUT2D eigenvalue weighted by atomic mass is 35.5. The molecule has 1 amide bonds. The number of benzene rings is 1. The molecule has 0 spiro atoms. The quantitative estimate of drug-likeness (QED) is 0.878. The van der Waals surface area contributed by atoms with E-state index in [-0.39, 0.29) is 22.3 Å². The van der Waals surface area contributed by atoms with Crippen molar-refractivity contribution in [2.45, 2.75) is 0 Å². The van der Waals surface area contributed by atoms with E-state index in [0.717, 1.165) is 0 Å². The summed E-state index contributed by atoms with van der Waals surface area (Å²) in [6.45, 7) is 0. The van der Waals surface area contributed by atoms with Gasteiger partial charge in [-0.15, -0.1) is 0 Å². The molecule has 2 aromatic rings. The molecule has 0 fully saturated rings. The summed E-state index contributed by atoms with van der Waals surface area (Å²) in [6.07, 6.45) is 1.19. The number of halogens is 2. The topological polar surface area (TPSA) is 64.1 Å². The minimum absolute atomic E-state index is 0.137. The van der Waals surface area contributed by atoms with Crippen LogP contribution in [0.15, 0.2) is 30.6 Å². The molecule has 1 aromatic carbocycles. The van der Waals surface area contributed by atoms with Crippen LogP contribution in [0, 0.1) is 5.82 Å². The number of rotatable bonds is 3. The Hall–Kier alpha value is -2.21. The Labute approximate surface area is 113 Å². The molecule has 0 unspecified atom stereocenters. The van der Waals surface area contributed by atoms with Crippen molar-refractivity contribution in [3.63, 3.8) is 0 Å². The lowest BCUT2D eigenvalue weighted by molar-refractivity contribution is 0.101. The van der Waals surface area contributed by atoms with Crippen LogP contribution in [-0.2, 0) is 0 Å². The molecule has 0 aliphatic rings. The van der Waals surface area contributed by atoms with Gasteiger partial charge in [-0.25, -0.2) is 14.4 Å². The van der Waals surface area contributed by atoms with E-state index in [1.54, 1.807) is 0 Å². The van der Waals surface area contributed by atoms with E-state index in [9.17, 15) is 9.18 Å². The summed E-state index contributed by atoms with van der Waals surface area (Å²) < 4.78 is 18.6. The van der Waals surface area contributed by atoms with Gasteiger partial charge in [0.15, 0.2) is 0 Å². The molecule has 1 N–H and O–H groups in total. The van der Waals surface area contributed by atoms with E-state index in [0.29, 0.717) is 0 Å². The number of methoxy groups -OCH3 is 1. The highest BCUT2D eigenvalue weighted by Crippen LogP contribution is 2.22. The van der Waals surface area contributed by atoms with E-state index in [4.69, 9.17) is 16.3 Å². The summed E-state index contributed by atoms with van der Waals surface area (Å²) in [4.78, 5) is 19.5. The van der Waals surface area contributed by atoms with Crippen molar-refractivity contribution >= 4 is 23.3 Å². The molecule has 1 aromatic heterocycles. The average Bonchev–Trinajstić information content (AvgIpc) is 2.38. The number of anilines is 1. The zero-order valence-electron chi connectivity index (χ0n) is 9.85. The molecule has 1 heterocycles. The van der Waals surface area contributed by atoms with Gasteiger partial charge in [0.2, 0.25) is 0 Å². The number of carbonyl (C=O) groups is 1. The van der Waals surface area contributed by atoms with Gasteiger partial charge >= 0.3 is 0 Å². The van der Waals surface area contributed by atoms with Crippen LogP contribution in [0.1, 0.15) is 10.4 Å². The minimum atomic E-state index is -0.683. The third-order valence-electron chi connectivity index (χ3n) is 2.30. The van der Waals surface area contributed by atoms with Crippen LogP contribution < -0.4 is 10.1 Å². The lowest BCUT2D eigenvalue weighted by atomic mass is 10.1. The molecule has 0 saturated heterocycles. The first-order valence-electron chi connectivity index (χ1n) is 5.23. The highest BCUT2D eigenvalue weighted by molar-refractivity contribution is 6.29. The van der Waals surface area contributed by atoms with Gasteiger partial charge in [-0.1, -0.05) is 17.7 Å². The van der Waals surface area contributed by atoms with Crippen molar-refractivity contribution in [3.05, 3.63) is 47.1 Å². The normalized spacial score (nSPS) is 10.1. The zero-order chi connectivity index (χ0) is 13.8. The van der Waals surface area contributed by atoms with Crippen molar-refractivity contribution in [3.8, 4) is 5.75 Å². The molecule has 0 aliphatic carbocycles. The van der Waals surface area contributed by atoms with Crippen LogP contribution in [-0.4, -0.2) is 23.0 Å². The maximum Gasteiger partial charge on any atom is 0.263 e. The number of carbonyl (C=O) groups excluding carboxylic acids is 1. The van der Waals surface area contributed by atoms with Gasteiger partial charge in [-0.2, -0.15) is 0 Å². The van der Waals surface area contributed by atoms with Crippen LogP contribution in [0.5, 0.6) is 5.75 Å². The molecule has 7 heteroatoms. The van der Waals surface area contributed by atoms with E-state index in [1.807, 2.05) is 0 Å². The van der Waals surface area contributed by atoms with Gasteiger partial charge in [-0.3, -0.25) is 4.79 Å². The maximum absolute atomic E-state index is 13.7. The zero-order valence-corrected chi connectivity index (χ0v) is 10.6. The summed E-state index contributed by atoms with van der Waals surface area (Å²) in [5.41, 5.74) is -0.195. The summed E-state index contributed by atoms with van der Waals surface area (Å²) in [6, 6.07) is 5.47. The van der Waals surface area contributed by atoms with Crippen LogP contribution in [0.25, 0.3) is 0 Å². The fourth-order valence-corrected chi connectivity index (χ4v) is 1.62. The van der Waals surface area contributed by atoms with Gasteiger partial charge < -0.3 is 10.1 Å². The van der Waals surface area contributed by atoms with Crippen molar-refractivity contribution in [1.29, 1.82) is 0 Å². The smallest absolute Gasteiger partial charge is 0.263 e. The molecule has 0 bridgehead atoms. The molecule has 0 saturated carbocycles. The number of hydrogen-bond donors (Lipinski definition) is 1. The summed E-state index contributed by atoms with van der Waals surface area (Å²) in [7, 11) is 1.35. The molecule has 19 heavy (non-hydrogen) atoms. The van der Waals surface area contributed by atoms with Crippen LogP contribution >= 0.6 is 11.6 Å². The Morgan fingerprint density at radius 2 is 2.21 bits per heavy atom. The predicted octanol–water partition coefficient (Wildman–Crippen LogP) is 2.53. The summed E-state index contributed by atoms with van der Waals surface area (Å²) in [5, 5.41) is 2.59. The van der Waals surface area contributed by atoms with Crippen molar-refractivity contribution in [1.82, 2.24) is 9.97 Å². The average molecular weight is 282 g/mol. The van der Waals surface area contributed by atoms with E-state index >= 15 is 0 Å². The molecule has 0 aliphatic heterocycles. The number of hydrogen-bond acceptors (Lipinski definition) is 4. The van der Waals surface area contributed by atoms with Crippen LogP contribution in [0.3, 0.4) is 0 Å². The minimum Gasteiger partial charge on any atom is -0.496 e. The third kappa shape index (κ3) is 2.97. The van der Waals surface area contributed by atoms with Gasteiger partial charge in [-0.05, 0) is 12.1 Å². The monoisotopic (exact) mass is 281 g/mol. The van der Waals surface area contributed by atoms with Gasteiger partial charge in [0.1, 0.15) is 34.4 Å². The first kappa shape index (κ1) is 13.2. The lowest BCUT2D eigenvalue weighted by Crippen LogP contribution is -2.16. The predicted molar refractivity (Wildman–Crippen MR) is 67.9 cm³/mol. The summed E-state index contributed by atoms with van der Waals surface area (Å²) in [5.74, 6) is -1.05. The van der Waals surface area contributed by atoms with Crippen molar-refractivity contribution in [2.24, 2.45) is 0 Å². The maximum atomic E-state index is 13.7. The molecular weight excluding hydrogens is 273 g/mol. The fraction of sp³-hybridized carbons (Fsp3) is 0.0833. The van der Waals surface area contributed by atoms with Gasteiger partial charge in [0.25, 0.3) is 5.91 Å². The third-order valence-corrected chi connectivity index (χ3v) is 2.50. The molecule has 5 nitrogen and oxygen atoms in total. The Kier molecular flexibility index (Phi) is 3.91. The molecule has 98 valence electrons. The van der Waals surface area contributed by atoms with Crippen LogP contribution in [0.2, 0.25) is 5.15 Å². The highest BCUT2D eigenvalue weighted by Gasteiger charge is 2.18. The van der Waals surface area contributed by atoms with Crippen molar-refractivity contribution in [2.75, 3.05) is 12.4 Å². The molecule has 0 atom stereocenters. The first-order valence-corrected chi connectivity index (χ1v) is 5.61. The molecule has 0 radical (unpaired) electrons. The Balaban J connectivity index is 2.30. The van der Waals surface area contributed by atoms with E-state index in [1.165, 1.54) is 37.7 Å². The standard InChI is InChI=1S/C12H9ClFN3O2/c1-19-8-4-2-3-7(14)11(8)12(18)17-10-5-9(13)15-6-16-10/h2-6H,1H3,(H,15,16,17,18). The Morgan fingerprint density at radius 1 is 1.42 bits per heavy atom. The first-order chi connectivity index (χ1) is 9.11. The van der Waals surface area contributed by atoms with Crippen LogP contribution in [0.4, 0.5) is 10.2 Å². The number of nitrogens with one attached hydrogen (secondary N) is 1. The molecular formula is C12H9ClFN3O2. The second kappa shape index (κ2) is 5.62.